The van der Waals surface area contributed by atoms with E-state index in [2.05, 4.69) is 38.2 Å². The first-order valence-electron chi connectivity index (χ1n) is 14.2. The molecule has 10 atom stereocenters. The lowest BCUT2D eigenvalue weighted by atomic mass is 9.58. The highest BCUT2D eigenvalue weighted by Gasteiger charge is 2.69. The molecule has 0 radical (unpaired) electrons. The molecule has 1 aliphatic carbocycles. The van der Waals surface area contributed by atoms with Crippen molar-refractivity contribution in [2.45, 2.75) is 89.0 Å². The van der Waals surface area contributed by atoms with E-state index in [-0.39, 0.29) is 24.5 Å². The molecule has 2 bridgehead atoms. The first-order valence-corrected chi connectivity index (χ1v) is 14.2. The smallest absolute Gasteiger partial charge is 0.201 e. The van der Waals surface area contributed by atoms with Crippen LogP contribution in [0.1, 0.15) is 64.5 Å². The molecule has 1 spiro atoms. The molecule has 2 N–H and O–H groups in total. The summed E-state index contributed by atoms with van der Waals surface area (Å²) < 4.78 is 19.3. The Morgan fingerprint density at radius 1 is 1.11 bits per heavy atom. The van der Waals surface area contributed by atoms with Crippen molar-refractivity contribution in [3.63, 3.8) is 0 Å². The number of fused-ring (bicyclic) bond motifs is 2. The van der Waals surface area contributed by atoms with Gasteiger partial charge in [0.25, 0.3) is 0 Å². The van der Waals surface area contributed by atoms with Crippen LogP contribution in [0.3, 0.4) is 0 Å². The van der Waals surface area contributed by atoms with Crippen molar-refractivity contribution < 1.29 is 29.1 Å². The van der Waals surface area contributed by atoms with Crippen molar-refractivity contribution in [2.75, 3.05) is 33.8 Å². The van der Waals surface area contributed by atoms with E-state index in [4.69, 9.17) is 24.0 Å². The van der Waals surface area contributed by atoms with Gasteiger partial charge in [0.2, 0.25) is 5.79 Å². The van der Waals surface area contributed by atoms with E-state index in [0.29, 0.717) is 11.8 Å². The molecule has 0 amide bonds. The monoisotopic (exact) mass is 518 g/mol. The van der Waals surface area contributed by atoms with Crippen LogP contribution in [0, 0.1) is 23.7 Å². The van der Waals surface area contributed by atoms with E-state index in [9.17, 15) is 5.11 Å². The lowest BCUT2D eigenvalue weighted by Crippen LogP contribution is -2.70. The normalized spacial score (nSPS) is 40.7. The number of nitrogens with zero attached hydrogens (tertiary/aromatic N) is 1. The zero-order chi connectivity index (χ0) is 26.2. The van der Waals surface area contributed by atoms with Gasteiger partial charge in [-0.2, -0.15) is 0 Å². The predicted octanol–water partition coefficient (Wildman–Crippen LogP) is 3.85. The SMILES string of the molecule is C[C@@H]1CC[C@H]2[C@@H](C)C(OCC(O)C(NCCCN(C)C)c3ccccc3)O[C@@H]3O[C@]4(C)CC[C@@H]1[C@]32OO4. The molecule has 8 nitrogen and oxygen atoms in total. The summed E-state index contributed by atoms with van der Waals surface area (Å²) in [5, 5.41) is 14.8. The highest BCUT2D eigenvalue weighted by Crippen LogP contribution is 2.60. The molecule has 208 valence electrons. The van der Waals surface area contributed by atoms with E-state index < -0.39 is 30.1 Å². The molecule has 8 heteroatoms. The van der Waals surface area contributed by atoms with Crippen molar-refractivity contribution >= 4 is 0 Å². The van der Waals surface area contributed by atoms with E-state index in [0.717, 1.165) is 50.8 Å². The maximum Gasteiger partial charge on any atom is 0.201 e. The fourth-order valence-electron chi connectivity index (χ4n) is 7.14. The fraction of sp³-hybridized carbons (Fsp3) is 0.793. The molecule has 3 unspecified atom stereocenters. The van der Waals surface area contributed by atoms with Crippen LogP contribution in [0.25, 0.3) is 0 Å². The molecule has 6 rings (SSSR count). The van der Waals surface area contributed by atoms with Crippen LogP contribution in [0.4, 0.5) is 0 Å². The summed E-state index contributed by atoms with van der Waals surface area (Å²) in [4.78, 5) is 14.3. The molecule has 37 heavy (non-hydrogen) atoms. The second-order valence-electron chi connectivity index (χ2n) is 12.2. The van der Waals surface area contributed by atoms with Gasteiger partial charge in [-0.05, 0) is 77.2 Å². The molecule has 0 aromatic heterocycles. The van der Waals surface area contributed by atoms with Gasteiger partial charge in [-0.25, -0.2) is 9.78 Å². The Bertz CT molecular complexity index is 888. The minimum Gasteiger partial charge on any atom is -0.389 e. The quantitative estimate of drug-likeness (QED) is 0.357. The van der Waals surface area contributed by atoms with Crippen LogP contribution >= 0.6 is 0 Å². The van der Waals surface area contributed by atoms with Crippen molar-refractivity contribution in [3.05, 3.63) is 35.9 Å². The van der Waals surface area contributed by atoms with Gasteiger partial charge < -0.3 is 29.5 Å². The largest absolute Gasteiger partial charge is 0.389 e. The summed E-state index contributed by atoms with van der Waals surface area (Å²) in [7, 11) is 4.15. The van der Waals surface area contributed by atoms with Gasteiger partial charge in [0, 0.05) is 18.3 Å². The Labute approximate surface area is 221 Å². The Hall–Kier alpha value is -1.10. The second-order valence-corrected chi connectivity index (χ2v) is 12.2. The number of nitrogens with one attached hydrogen (secondary N) is 1. The number of hydrogen-bond acceptors (Lipinski definition) is 8. The molecule has 5 fully saturated rings. The van der Waals surface area contributed by atoms with Crippen molar-refractivity contribution in [2.24, 2.45) is 23.7 Å². The summed E-state index contributed by atoms with van der Waals surface area (Å²) in [5.41, 5.74) is 0.443. The Morgan fingerprint density at radius 2 is 1.89 bits per heavy atom. The van der Waals surface area contributed by atoms with Crippen LogP contribution in [0.5, 0.6) is 0 Å². The third-order valence-electron chi connectivity index (χ3n) is 9.22. The molecule has 4 saturated heterocycles. The van der Waals surface area contributed by atoms with Gasteiger partial charge in [0.05, 0.1) is 18.8 Å². The summed E-state index contributed by atoms with van der Waals surface area (Å²) in [6, 6.07) is 9.87. The molecule has 4 heterocycles. The summed E-state index contributed by atoms with van der Waals surface area (Å²) in [6.07, 6.45) is 3.20. The van der Waals surface area contributed by atoms with Crippen molar-refractivity contribution in [1.82, 2.24) is 10.2 Å². The molecule has 1 aromatic carbocycles. The molecule has 1 saturated carbocycles. The molecular formula is C29H46N2O6. The highest BCUT2D eigenvalue weighted by atomic mass is 17.3. The molecule has 1 aromatic rings. The van der Waals surface area contributed by atoms with E-state index in [1.807, 2.05) is 37.3 Å². The van der Waals surface area contributed by atoms with Gasteiger partial charge in [0.1, 0.15) is 0 Å². The van der Waals surface area contributed by atoms with Crippen LogP contribution in [-0.4, -0.2) is 73.9 Å². The maximum atomic E-state index is 11.3. The Morgan fingerprint density at radius 3 is 2.65 bits per heavy atom. The minimum atomic E-state index is -0.808. The molecule has 5 aliphatic rings. The Kier molecular flexibility index (Phi) is 8.30. The number of rotatable bonds is 10. The van der Waals surface area contributed by atoms with Crippen molar-refractivity contribution in [3.8, 4) is 0 Å². The lowest BCUT2D eigenvalue weighted by molar-refractivity contribution is -0.577. The number of benzene rings is 1. The first-order chi connectivity index (χ1) is 17.7. The Balaban J connectivity index is 1.28. The van der Waals surface area contributed by atoms with Gasteiger partial charge in [0.15, 0.2) is 18.2 Å². The van der Waals surface area contributed by atoms with Crippen LogP contribution in [0.15, 0.2) is 30.3 Å². The maximum absolute atomic E-state index is 11.3. The second kappa shape index (κ2) is 11.2. The topological polar surface area (TPSA) is 81.7 Å². The summed E-state index contributed by atoms with van der Waals surface area (Å²) in [6.45, 7) is 8.39. The average molecular weight is 519 g/mol. The predicted molar refractivity (Wildman–Crippen MR) is 139 cm³/mol. The molecule has 4 aliphatic heterocycles. The van der Waals surface area contributed by atoms with E-state index in [1.54, 1.807) is 0 Å². The zero-order valence-corrected chi connectivity index (χ0v) is 23.1. The standard InChI is InChI=1S/C29H46N2O6/c1-19-12-13-23-20(2)26(34-27-29(23)22(19)14-15-28(3,35-27)36-37-29)33-18-24(32)25(21-10-7-6-8-11-21)30-16-9-17-31(4)5/h6-8,10-11,19-20,22-27,30,32H,9,12-18H2,1-5H3/t19-,20-,22+,23+,24?,25?,26?,27-,28+,29-/m1/s1. The summed E-state index contributed by atoms with van der Waals surface area (Å²) in [5.74, 6) is 0.314. The average Bonchev–Trinajstić information content (AvgIpc) is 3.11. The minimum absolute atomic E-state index is 0.0799. The van der Waals surface area contributed by atoms with Gasteiger partial charge in [-0.15, -0.1) is 0 Å². The van der Waals surface area contributed by atoms with Crippen LogP contribution < -0.4 is 5.32 Å². The van der Waals surface area contributed by atoms with Crippen LogP contribution in [0.2, 0.25) is 0 Å². The third kappa shape index (κ3) is 5.37. The van der Waals surface area contributed by atoms with Crippen LogP contribution in [-0.2, 0) is 24.0 Å². The zero-order valence-electron chi connectivity index (χ0n) is 23.1. The lowest BCUT2D eigenvalue weighted by Gasteiger charge is -2.60. The number of ether oxygens (including phenoxy) is 3. The van der Waals surface area contributed by atoms with Crippen molar-refractivity contribution in [1.29, 1.82) is 0 Å². The van der Waals surface area contributed by atoms with E-state index >= 15 is 0 Å². The van der Waals surface area contributed by atoms with Gasteiger partial charge >= 0.3 is 0 Å². The fourth-order valence-corrected chi connectivity index (χ4v) is 7.14. The van der Waals surface area contributed by atoms with Gasteiger partial charge in [-0.3, -0.25) is 0 Å². The number of aliphatic hydroxyl groups excluding tert-OH is 1. The van der Waals surface area contributed by atoms with E-state index in [1.165, 1.54) is 0 Å². The number of aliphatic hydroxyl groups is 1. The summed E-state index contributed by atoms with van der Waals surface area (Å²) >= 11 is 0. The number of hydrogen-bond donors (Lipinski definition) is 2. The third-order valence-corrected chi connectivity index (χ3v) is 9.22. The highest BCUT2D eigenvalue weighted by molar-refractivity contribution is 5.20. The molecular weight excluding hydrogens is 472 g/mol. The van der Waals surface area contributed by atoms with Gasteiger partial charge in [-0.1, -0.05) is 44.2 Å². The first kappa shape index (κ1) is 27.5.